The minimum Gasteiger partial charge on any atom is -0.340 e. The van der Waals surface area contributed by atoms with E-state index in [-0.39, 0.29) is 0 Å². The van der Waals surface area contributed by atoms with Crippen LogP contribution in [0.4, 0.5) is 0 Å². The van der Waals surface area contributed by atoms with Gasteiger partial charge < -0.3 is 10.6 Å². The molecule has 0 spiro atoms. The van der Waals surface area contributed by atoms with E-state index < -0.39 is 0 Å². The lowest BCUT2D eigenvalue weighted by Gasteiger charge is -2.36. The number of rotatable bonds is 2. The molecule has 0 aromatic heterocycles. The summed E-state index contributed by atoms with van der Waals surface area (Å²) in [5.74, 6) is 0.293. The fourth-order valence-corrected chi connectivity index (χ4v) is 1.94. The molecule has 1 amide bonds. The number of amides is 1. The number of carbonyl (C=O) groups excluding carboxylic acids is 1. The number of nitrogens with zero attached hydrogens (tertiary/aromatic N) is 1. The molecule has 1 aliphatic heterocycles. The Balaban J connectivity index is 2.45. The summed E-state index contributed by atoms with van der Waals surface area (Å²) < 4.78 is 0. The highest BCUT2D eigenvalue weighted by Crippen LogP contribution is 2.16. The Labute approximate surface area is 80.3 Å². The Morgan fingerprint density at radius 1 is 1.62 bits per heavy atom. The van der Waals surface area contributed by atoms with Crippen molar-refractivity contribution in [3.63, 3.8) is 0 Å². The molecule has 13 heavy (non-hydrogen) atoms. The van der Waals surface area contributed by atoms with Gasteiger partial charge in [0.1, 0.15) is 0 Å². The molecular weight excluding hydrogens is 164 g/mol. The fraction of sp³-hybridized carbons (Fsp3) is 0.900. The van der Waals surface area contributed by atoms with Gasteiger partial charge in [-0.25, -0.2) is 0 Å². The van der Waals surface area contributed by atoms with Gasteiger partial charge in [0.05, 0.1) is 0 Å². The lowest BCUT2D eigenvalue weighted by atomic mass is 9.99. The first-order valence-corrected chi connectivity index (χ1v) is 5.20. The van der Waals surface area contributed by atoms with Gasteiger partial charge in [-0.1, -0.05) is 6.92 Å². The average Bonchev–Trinajstić information content (AvgIpc) is 2.04. The molecule has 0 aromatic carbocycles. The molecule has 1 rings (SSSR count). The van der Waals surface area contributed by atoms with E-state index in [1.54, 1.807) is 0 Å². The molecular formula is C10H20N2O. The molecule has 0 bridgehead atoms. The molecule has 1 saturated heterocycles. The molecule has 2 unspecified atom stereocenters. The second kappa shape index (κ2) is 4.61. The van der Waals surface area contributed by atoms with E-state index >= 15 is 0 Å². The summed E-state index contributed by atoms with van der Waals surface area (Å²) in [5, 5.41) is 0. The zero-order valence-corrected chi connectivity index (χ0v) is 8.62. The maximum atomic E-state index is 11.6. The van der Waals surface area contributed by atoms with Crippen LogP contribution in [0.5, 0.6) is 0 Å². The average molecular weight is 184 g/mol. The number of hydrogen-bond donors (Lipinski definition) is 1. The van der Waals surface area contributed by atoms with Crippen LogP contribution in [0.25, 0.3) is 0 Å². The topological polar surface area (TPSA) is 46.3 Å². The zero-order valence-electron chi connectivity index (χ0n) is 8.62. The molecule has 0 aromatic rings. The summed E-state index contributed by atoms with van der Waals surface area (Å²) in [6, 6.07) is 0.628. The molecule has 1 aliphatic rings. The Kier molecular flexibility index (Phi) is 3.72. The summed E-state index contributed by atoms with van der Waals surface area (Å²) in [7, 11) is 0. The van der Waals surface area contributed by atoms with Crippen molar-refractivity contribution < 1.29 is 4.79 Å². The van der Waals surface area contributed by atoms with Crippen LogP contribution in [0.15, 0.2) is 0 Å². The molecule has 0 saturated carbocycles. The quantitative estimate of drug-likeness (QED) is 0.699. The van der Waals surface area contributed by atoms with E-state index in [9.17, 15) is 4.79 Å². The molecule has 2 N–H and O–H groups in total. The van der Waals surface area contributed by atoms with Gasteiger partial charge in [-0.05, 0) is 26.2 Å². The summed E-state index contributed by atoms with van der Waals surface area (Å²) >= 11 is 0. The van der Waals surface area contributed by atoms with Crippen molar-refractivity contribution in [1.29, 1.82) is 0 Å². The van der Waals surface area contributed by atoms with Crippen molar-refractivity contribution in [3.8, 4) is 0 Å². The Bertz CT molecular complexity index is 182. The third-order valence-corrected chi connectivity index (χ3v) is 2.70. The highest BCUT2D eigenvalue weighted by molar-refractivity contribution is 5.76. The zero-order chi connectivity index (χ0) is 9.84. The van der Waals surface area contributed by atoms with Crippen molar-refractivity contribution in [1.82, 2.24) is 4.90 Å². The van der Waals surface area contributed by atoms with Crippen LogP contribution in [0.3, 0.4) is 0 Å². The van der Waals surface area contributed by atoms with E-state index in [0.29, 0.717) is 24.4 Å². The third kappa shape index (κ3) is 2.69. The van der Waals surface area contributed by atoms with Crippen LogP contribution in [0.1, 0.15) is 39.5 Å². The third-order valence-electron chi connectivity index (χ3n) is 2.70. The molecule has 3 nitrogen and oxygen atoms in total. The van der Waals surface area contributed by atoms with Crippen LogP contribution in [-0.4, -0.2) is 29.4 Å². The Morgan fingerprint density at radius 2 is 2.31 bits per heavy atom. The molecule has 2 atom stereocenters. The summed E-state index contributed by atoms with van der Waals surface area (Å²) in [4.78, 5) is 13.6. The van der Waals surface area contributed by atoms with Crippen LogP contribution in [-0.2, 0) is 4.79 Å². The van der Waals surface area contributed by atoms with Crippen molar-refractivity contribution >= 4 is 5.91 Å². The first-order valence-electron chi connectivity index (χ1n) is 5.20. The van der Waals surface area contributed by atoms with Gasteiger partial charge in [0.2, 0.25) is 5.91 Å². The van der Waals surface area contributed by atoms with Gasteiger partial charge in [0.15, 0.2) is 0 Å². The van der Waals surface area contributed by atoms with Gasteiger partial charge in [-0.15, -0.1) is 0 Å². The van der Waals surface area contributed by atoms with Gasteiger partial charge in [-0.2, -0.15) is 0 Å². The highest BCUT2D eigenvalue weighted by Gasteiger charge is 2.25. The van der Waals surface area contributed by atoms with Crippen molar-refractivity contribution in [2.75, 3.05) is 6.54 Å². The van der Waals surface area contributed by atoms with Crippen LogP contribution in [0.2, 0.25) is 0 Å². The predicted molar refractivity (Wildman–Crippen MR) is 53.3 cm³/mol. The summed E-state index contributed by atoms with van der Waals surface area (Å²) in [6.45, 7) is 4.98. The SMILES string of the molecule is CCCC(=O)N1CCC(N)CC1C. The largest absolute Gasteiger partial charge is 0.340 e. The van der Waals surface area contributed by atoms with Gasteiger partial charge in [0, 0.05) is 25.0 Å². The molecule has 76 valence electrons. The first kappa shape index (κ1) is 10.5. The number of nitrogens with two attached hydrogens (primary N) is 1. The maximum Gasteiger partial charge on any atom is 0.222 e. The summed E-state index contributed by atoms with van der Waals surface area (Å²) in [5.41, 5.74) is 5.82. The number of piperidine rings is 1. The van der Waals surface area contributed by atoms with E-state index in [1.807, 2.05) is 11.8 Å². The summed E-state index contributed by atoms with van der Waals surface area (Å²) in [6.07, 6.45) is 3.53. The number of likely N-dealkylation sites (tertiary alicyclic amines) is 1. The van der Waals surface area contributed by atoms with Gasteiger partial charge in [-0.3, -0.25) is 4.79 Å². The van der Waals surface area contributed by atoms with E-state index in [1.165, 1.54) is 0 Å². The first-order chi connectivity index (χ1) is 6.15. The molecule has 0 aliphatic carbocycles. The second-order valence-electron chi connectivity index (χ2n) is 3.97. The number of hydrogen-bond acceptors (Lipinski definition) is 2. The minimum absolute atomic E-state index is 0.292. The second-order valence-corrected chi connectivity index (χ2v) is 3.97. The van der Waals surface area contributed by atoms with Crippen molar-refractivity contribution in [2.45, 2.75) is 51.6 Å². The smallest absolute Gasteiger partial charge is 0.222 e. The monoisotopic (exact) mass is 184 g/mol. The fourth-order valence-electron chi connectivity index (χ4n) is 1.94. The van der Waals surface area contributed by atoms with Crippen molar-refractivity contribution in [3.05, 3.63) is 0 Å². The number of carbonyl (C=O) groups is 1. The van der Waals surface area contributed by atoms with Gasteiger partial charge >= 0.3 is 0 Å². The van der Waals surface area contributed by atoms with Crippen molar-refractivity contribution in [2.24, 2.45) is 5.73 Å². The van der Waals surface area contributed by atoms with Crippen LogP contribution < -0.4 is 5.73 Å². The lowest BCUT2D eigenvalue weighted by Crippen LogP contribution is -2.48. The van der Waals surface area contributed by atoms with E-state index in [2.05, 4.69) is 6.92 Å². The normalized spacial score (nSPS) is 29.0. The predicted octanol–water partition coefficient (Wildman–Crippen LogP) is 1.12. The van der Waals surface area contributed by atoms with Gasteiger partial charge in [0.25, 0.3) is 0 Å². The standard InChI is InChI=1S/C10H20N2O/c1-3-4-10(13)12-6-5-9(11)7-8(12)2/h8-9H,3-7,11H2,1-2H3. The Hall–Kier alpha value is -0.570. The van der Waals surface area contributed by atoms with Crippen LogP contribution >= 0.6 is 0 Å². The van der Waals surface area contributed by atoms with Crippen LogP contribution in [0, 0.1) is 0 Å². The Morgan fingerprint density at radius 3 is 2.85 bits per heavy atom. The maximum absolute atomic E-state index is 11.6. The molecule has 3 heteroatoms. The highest BCUT2D eigenvalue weighted by atomic mass is 16.2. The molecule has 1 heterocycles. The lowest BCUT2D eigenvalue weighted by molar-refractivity contribution is -0.134. The minimum atomic E-state index is 0.292. The van der Waals surface area contributed by atoms with E-state index in [0.717, 1.165) is 25.8 Å². The molecule has 0 radical (unpaired) electrons. The molecule has 1 fully saturated rings. The van der Waals surface area contributed by atoms with E-state index in [4.69, 9.17) is 5.73 Å².